The van der Waals surface area contributed by atoms with Gasteiger partial charge in [0, 0.05) is 24.0 Å². The molecule has 3 aromatic carbocycles. The van der Waals surface area contributed by atoms with Gasteiger partial charge in [-0.1, -0.05) is 48.5 Å². The van der Waals surface area contributed by atoms with E-state index < -0.39 is 0 Å². The van der Waals surface area contributed by atoms with Gasteiger partial charge in [-0.2, -0.15) is 0 Å². The second-order valence-electron chi connectivity index (χ2n) is 7.12. The van der Waals surface area contributed by atoms with Gasteiger partial charge in [-0.05, 0) is 53.3 Å². The van der Waals surface area contributed by atoms with Crippen LogP contribution in [0.5, 0.6) is 0 Å². The van der Waals surface area contributed by atoms with Crippen LogP contribution in [0.1, 0.15) is 34.0 Å². The van der Waals surface area contributed by atoms with Crippen molar-refractivity contribution in [2.24, 2.45) is 0 Å². The molecule has 4 aromatic rings. The van der Waals surface area contributed by atoms with E-state index >= 15 is 0 Å². The molecule has 30 heavy (non-hydrogen) atoms. The summed E-state index contributed by atoms with van der Waals surface area (Å²) in [5, 5.41) is 4.83. The number of aromatic nitrogens is 1. The fraction of sp³-hybridized carbons (Fsp3) is 0.120. The number of halogens is 2. The van der Waals surface area contributed by atoms with Crippen LogP contribution in [-0.2, 0) is 0 Å². The summed E-state index contributed by atoms with van der Waals surface area (Å²) in [6.07, 6.45) is 2.26. The van der Waals surface area contributed by atoms with Crippen molar-refractivity contribution in [2.45, 2.75) is 12.3 Å². The predicted molar refractivity (Wildman–Crippen MR) is 113 cm³/mol. The third-order valence-corrected chi connectivity index (χ3v) is 5.13. The Labute approximate surface area is 173 Å². The van der Waals surface area contributed by atoms with Crippen LogP contribution in [0.15, 0.2) is 85.1 Å². The summed E-state index contributed by atoms with van der Waals surface area (Å²) < 4.78 is 26.7. The first kappa shape index (κ1) is 19.7. The van der Waals surface area contributed by atoms with Crippen molar-refractivity contribution in [3.8, 4) is 0 Å². The number of carbonyl (C=O) groups is 1. The molecule has 0 radical (unpaired) electrons. The van der Waals surface area contributed by atoms with Gasteiger partial charge in [-0.15, -0.1) is 0 Å². The van der Waals surface area contributed by atoms with Crippen LogP contribution in [0, 0.1) is 11.6 Å². The monoisotopic (exact) mass is 402 g/mol. The van der Waals surface area contributed by atoms with Crippen LogP contribution in [-0.4, -0.2) is 17.4 Å². The fourth-order valence-corrected chi connectivity index (χ4v) is 3.54. The lowest BCUT2D eigenvalue weighted by Crippen LogP contribution is -2.26. The Morgan fingerprint density at radius 3 is 2.00 bits per heavy atom. The summed E-state index contributed by atoms with van der Waals surface area (Å²) in [4.78, 5) is 16.8. The van der Waals surface area contributed by atoms with Gasteiger partial charge in [0.05, 0.1) is 0 Å². The van der Waals surface area contributed by atoms with Crippen LogP contribution in [0.3, 0.4) is 0 Å². The molecule has 0 aliphatic rings. The van der Waals surface area contributed by atoms with Crippen molar-refractivity contribution in [2.75, 3.05) is 6.54 Å². The second-order valence-corrected chi connectivity index (χ2v) is 7.12. The number of carbonyl (C=O) groups excluding carboxylic acids is 1. The molecule has 3 nitrogen and oxygen atoms in total. The Morgan fingerprint density at radius 1 is 0.833 bits per heavy atom. The van der Waals surface area contributed by atoms with Crippen molar-refractivity contribution in [3.63, 3.8) is 0 Å². The van der Waals surface area contributed by atoms with Crippen molar-refractivity contribution in [1.82, 2.24) is 10.3 Å². The highest BCUT2D eigenvalue weighted by molar-refractivity contribution is 5.96. The molecule has 1 amide bonds. The summed E-state index contributed by atoms with van der Waals surface area (Å²) in [5.41, 5.74) is 2.16. The standard InChI is InChI=1S/C25H20F2N2O/c26-21-9-5-17(6-10-21)23(18-7-11-22(27)12-8-18)13-14-28-25(30)24-15-19-3-1-2-4-20(19)16-29-24/h1-12,15-16,23H,13-14H2,(H,28,30). The summed E-state index contributed by atoms with van der Waals surface area (Å²) >= 11 is 0. The Balaban J connectivity index is 1.48. The van der Waals surface area contributed by atoms with Gasteiger partial charge in [-0.25, -0.2) is 8.78 Å². The lowest BCUT2D eigenvalue weighted by Gasteiger charge is -2.18. The summed E-state index contributed by atoms with van der Waals surface area (Å²) in [6.45, 7) is 0.396. The Kier molecular flexibility index (Phi) is 5.80. The molecule has 1 aromatic heterocycles. The molecule has 0 aliphatic carbocycles. The number of fused-ring (bicyclic) bond motifs is 1. The molecule has 0 atom stereocenters. The Hall–Kier alpha value is -3.60. The minimum Gasteiger partial charge on any atom is -0.351 e. The zero-order chi connectivity index (χ0) is 20.9. The van der Waals surface area contributed by atoms with Gasteiger partial charge < -0.3 is 5.32 Å². The molecule has 0 spiro atoms. The normalized spacial score (nSPS) is 11.0. The van der Waals surface area contributed by atoms with Crippen molar-refractivity contribution < 1.29 is 13.6 Å². The molecule has 0 saturated heterocycles. The lowest BCUT2D eigenvalue weighted by molar-refractivity contribution is 0.0948. The van der Waals surface area contributed by atoms with E-state index in [9.17, 15) is 13.6 Å². The first-order chi connectivity index (χ1) is 14.6. The van der Waals surface area contributed by atoms with Crippen LogP contribution in [0.25, 0.3) is 10.8 Å². The van der Waals surface area contributed by atoms with Gasteiger partial charge in [0.15, 0.2) is 0 Å². The summed E-state index contributed by atoms with van der Waals surface area (Å²) in [6, 6.07) is 22.0. The third-order valence-electron chi connectivity index (χ3n) is 5.13. The quantitative estimate of drug-likeness (QED) is 0.465. The average molecular weight is 402 g/mol. The summed E-state index contributed by atoms with van der Waals surface area (Å²) in [5.74, 6) is -0.978. The number of rotatable bonds is 6. The van der Waals surface area contributed by atoms with Crippen LogP contribution in [0.4, 0.5) is 8.78 Å². The van der Waals surface area contributed by atoms with Crippen molar-refractivity contribution in [1.29, 1.82) is 0 Å². The minimum atomic E-state index is -0.313. The molecule has 0 aliphatic heterocycles. The Morgan fingerprint density at radius 2 is 1.40 bits per heavy atom. The third kappa shape index (κ3) is 4.51. The number of amides is 1. The number of hydrogen-bond acceptors (Lipinski definition) is 2. The maximum absolute atomic E-state index is 13.3. The zero-order valence-corrected chi connectivity index (χ0v) is 16.2. The number of pyridine rings is 1. The van der Waals surface area contributed by atoms with E-state index in [4.69, 9.17) is 0 Å². The molecule has 5 heteroatoms. The molecule has 1 N–H and O–H groups in total. The SMILES string of the molecule is O=C(NCCC(c1ccc(F)cc1)c1ccc(F)cc1)c1cc2ccccc2cn1. The van der Waals surface area contributed by atoms with Gasteiger partial charge in [0.25, 0.3) is 5.91 Å². The summed E-state index contributed by atoms with van der Waals surface area (Å²) in [7, 11) is 0. The second kappa shape index (κ2) is 8.82. The minimum absolute atomic E-state index is 0.101. The molecule has 0 fully saturated rings. The largest absolute Gasteiger partial charge is 0.351 e. The predicted octanol–water partition coefficient (Wildman–Crippen LogP) is 5.47. The molecular formula is C25H20F2N2O. The number of nitrogens with zero attached hydrogens (tertiary/aromatic N) is 1. The van der Waals surface area contributed by atoms with Crippen LogP contribution in [0.2, 0.25) is 0 Å². The molecular weight excluding hydrogens is 382 g/mol. The van der Waals surface area contributed by atoms with Gasteiger partial charge >= 0.3 is 0 Å². The van der Waals surface area contributed by atoms with E-state index in [1.807, 2.05) is 24.3 Å². The van der Waals surface area contributed by atoms with Crippen LogP contribution < -0.4 is 5.32 Å². The van der Waals surface area contributed by atoms with Crippen molar-refractivity contribution in [3.05, 3.63) is 114 Å². The molecule has 0 bridgehead atoms. The highest BCUT2D eigenvalue weighted by atomic mass is 19.1. The molecule has 1 heterocycles. The van der Waals surface area contributed by atoms with E-state index in [1.54, 1.807) is 36.5 Å². The van der Waals surface area contributed by atoms with Crippen LogP contribution >= 0.6 is 0 Å². The number of nitrogens with one attached hydrogen (secondary N) is 1. The zero-order valence-electron chi connectivity index (χ0n) is 16.2. The molecule has 0 saturated carbocycles. The average Bonchev–Trinajstić information content (AvgIpc) is 2.78. The van der Waals surface area contributed by atoms with Gasteiger partial charge in [-0.3, -0.25) is 9.78 Å². The first-order valence-electron chi connectivity index (χ1n) is 9.74. The maximum atomic E-state index is 13.3. The van der Waals surface area contributed by atoms with E-state index in [0.29, 0.717) is 18.7 Å². The number of benzene rings is 3. The van der Waals surface area contributed by atoms with Gasteiger partial charge in [0.2, 0.25) is 0 Å². The number of hydrogen-bond donors (Lipinski definition) is 1. The van der Waals surface area contributed by atoms with E-state index in [-0.39, 0.29) is 23.5 Å². The van der Waals surface area contributed by atoms with E-state index in [1.165, 1.54) is 24.3 Å². The highest BCUT2D eigenvalue weighted by Crippen LogP contribution is 2.28. The van der Waals surface area contributed by atoms with E-state index in [0.717, 1.165) is 21.9 Å². The lowest BCUT2D eigenvalue weighted by atomic mass is 9.88. The highest BCUT2D eigenvalue weighted by Gasteiger charge is 2.16. The van der Waals surface area contributed by atoms with Crippen molar-refractivity contribution >= 4 is 16.7 Å². The Bertz CT molecular complexity index is 1110. The maximum Gasteiger partial charge on any atom is 0.269 e. The molecule has 4 rings (SSSR count). The smallest absolute Gasteiger partial charge is 0.269 e. The van der Waals surface area contributed by atoms with Gasteiger partial charge in [0.1, 0.15) is 17.3 Å². The van der Waals surface area contributed by atoms with E-state index in [2.05, 4.69) is 10.3 Å². The molecule has 150 valence electrons. The topological polar surface area (TPSA) is 42.0 Å². The fourth-order valence-electron chi connectivity index (χ4n) is 3.54. The first-order valence-corrected chi connectivity index (χ1v) is 9.74. The molecule has 0 unspecified atom stereocenters.